The molecule has 0 heterocycles. The Bertz CT molecular complexity index is 1050. The van der Waals surface area contributed by atoms with Gasteiger partial charge in [-0.2, -0.15) is 18.4 Å². The molecule has 1 amide bonds. The van der Waals surface area contributed by atoms with Crippen LogP contribution in [0.5, 0.6) is 5.75 Å². The average molecular weight is 432 g/mol. The summed E-state index contributed by atoms with van der Waals surface area (Å²) in [6, 6.07) is 9.17. The molecular weight excluding hydrogens is 413 g/mol. The van der Waals surface area contributed by atoms with Crippen molar-refractivity contribution in [3.63, 3.8) is 0 Å². The van der Waals surface area contributed by atoms with Crippen molar-refractivity contribution in [3.05, 3.63) is 64.2 Å². The van der Waals surface area contributed by atoms with Crippen LogP contribution < -0.4 is 10.1 Å². The van der Waals surface area contributed by atoms with Crippen LogP contribution >= 0.6 is 0 Å². The lowest BCUT2D eigenvalue weighted by molar-refractivity contribution is -0.143. The van der Waals surface area contributed by atoms with Gasteiger partial charge < -0.3 is 14.8 Å². The van der Waals surface area contributed by atoms with E-state index in [-0.39, 0.29) is 17.9 Å². The number of amides is 1. The predicted molar refractivity (Wildman–Crippen MR) is 107 cm³/mol. The van der Waals surface area contributed by atoms with E-state index < -0.39 is 23.6 Å². The van der Waals surface area contributed by atoms with Gasteiger partial charge in [-0.3, -0.25) is 4.79 Å². The molecule has 2 aromatic carbocycles. The van der Waals surface area contributed by atoms with Gasteiger partial charge in [0.1, 0.15) is 17.4 Å². The Morgan fingerprint density at radius 3 is 2.35 bits per heavy atom. The van der Waals surface area contributed by atoms with Crippen molar-refractivity contribution >= 4 is 23.6 Å². The molecule has 9 heteroatoms. The third-order valence-electron chi connectivity index (χ3n) is 4.17. The maximum atomic E-state index is 12.8. The van der Waals surface area contributed by atoms with Crippen LogP contribution in [0, 0.1) is 25.2 Å². The van der Waals surface area contributed by atoms with Crippen LogP contribution in [0.4, 0.5) is 18.9 Å². The van der Waals surface area contributed by atoms with Gasteiger partial charge in [0.25, 0.3) is 5.91 Å². The molecule has 0 saturated heterocycles. The molecule has 0 fully saturated rings. The average Bonchev–Trinajstić information content (AvgIpc) is 2.70. The summed E-state index contributed by atoms with van der Waals surface area (Å²) in [5.74, 6) is -0.918. The second-order valence-corrected chi connectivity index (χ2v) is 6.55. The molecule has 0 saturated carbocycles. The summed E-state index contributed by atoms with van der Waals surface area (Å²) in [5, 5.41) is 11.6. The largest absolute Gasteiger partial charge is 0.481 e. The maximum Gasteiger partial charge on any atom is 0.416 e. The number of nitrogens with zero attached hydrogens (tertiary/aromatic N) is 1. The van der Waals surface area contributed by atoms with E-state index in [4.69, 9.17) is 4.74 Å². The fourth-order valence-electron chi connectivity index (χ4n) is 2.77. The number of halogens is 3. The molecule has 0 unspecified atom stereocenters. The monoisotopic (exact) mass is 432 g/mol. The molecule has 0 radical (unpaired) electrons. The van der Waals surface area contributed by atoms with Gasteiger partial charge in [0, 0.05) is 5.69 Å². The summed E-state index contributed by atoms with van der Waals surface area (Å²) in [7, 11) is 1.24. The Hall–Kier alpha value is -3.80. The van der Waals surface area contributed by atoms with E-state index in [2.05, 4.69) is 10.1 Å². The van der Waals surface area contributed by atoms with Crippen LogP contribution in [0.1, 0.15) is 22.3 Å². The Balaban J connectivity index is 2.24. The van der Waals surface area contributed by atoms with E-state index in [1.807, 2.05) is 0 Å². The highest BCUT2D eigenvalue weighted by molar-refractivity contribution is 6.09. The lowest BCUT2D eigenvalue weighted by atomic mass is 10.0. The van der Waals surface area contributed by atoms with Crippen LogP contribution in [0.25, 0.3) is 6.08 Å². The van der Waals surface area contributed by atoms with Gasteiger partial charge in [-0.25, -0.2) is 4.79 Å². The van der Waals surface area contributed by atoms with Gasteiger partial charge in [0.15, 0.2) is 6.61 Å². The fraction of sp³-hybridized carbons (Fsp3) is 0.227. The number of aryl methyl sites for hydroxylation is 2. The van der Waals surface area contributed by atoms with Crippen molar-refractivity contribution in [2.24, 2.45) is 0 Å². The van der Waals surface area contributed by atoms with Gasteiger partial charge >= 0.3 is 12.1 Å². The number of nitriles is 1. The second-order valence-electron chi connectivity index (χ2n) is 6.55. The summed E-state index contributed by atoms with van der Waals surface area (Å²) >= 11 is 0. The van der Waals surface area contributed by atoms with Crippen molar-refractivity contribution in [2.45, 2.75) is 20.0 Å². The number of esters is 1. The maximum absolute atomic E-state index is 12.8. The first-order valence-corrected chi connectivity index (χ1v) is 8.96. The normalized spacial score (nSPS) is 11.5. The number of nitrogens with one attached hydrogen (secondary N) is 1. The van der Waals surface area contributed by atoms with Gasteiger partial charge in [-0.05, 0) is 66.9 Å². The Kier molecular flexibility index (Phi) is 7.42. The van der Waals surface area contributed by atoms with Crippen LogP contribution in [0.3, 0.4) is 0 Å². The summed E-state index contributed by atoms with van der Waals surface area (Å²) in [5.41, 5.74) is 0.536. The third kappa shape index (κ3) is 6.34. The van der Waals surface area contributed by atoms with Crippen molar-refractivity contribution in [1.82, 2.24) is 0 Å². The minimum absolute atomic E-state index is 0.0834. The molecule has 0 aliphatic rings. The van der Waals surface area contributed by atoms with Crippen molar-refractivity contribution in [3.8, 4) is 11.8 Å². The Labute approximate surface area is 176 Å². The van der Waals surface area contributed by atoms with Crippen molar-refractivity contribution in [1.29, 1.82) is 5.26 Å². The molecule has 0 bridgehead atoms. The van der Waals surface area contributed by atoms with E-state index >= 15 is 0 Å². The van der Waals surface area contributed by atoms with E-state index in [9.17, 15) is 28.0 Å². The van der Waals surface area contributed by atoms with E-state index in [0.29, 0.717) is 22.4 Å². The molecule has 0 aliphatic carbocycles. The van der Waals surface area contributed by atoms with Gasteiger partial charge in [0.05, 0.1) is 12.7 Å². The predicted octanol–water partition coefficient (Wildman–Crippen LogP) is 4.42. The second kappa shape index (κ2) is 9.80. The highest BCUT2D eigenvalue weighted by Crippen LogP contribution is 2.31. The number of ether oxygens (including phenoxy) is 2. The molecule has 0 aliphatic heterocycles. The standard InChI is InChI=1S/C22H19F3N2O4/c1-13-7-15(8-14(2)20(13)31-12-19(28)30-3)9-16(11-26)21(29)27-18-6-4-5-17(10-18)22(23,24)25/h4-10H,12H2,1-3H3,(H,27,29)/b16-9-. The number of carbonyl (C=O) groups is 2. The molecule has 2 aromatic rings. The molecule has 162 valence electrons. The van der Waals surface area contributed by atoms with Crippen LogP contribution in [-0.2, 0) is 20.5 Å². The number of hydrogen-bond donors (Lipinski definition) is 1. The molecule has 0 aromatic heterocycles. The summed E-state index contributed by atoms with van der Waals surface area (Å²) in [6.45, 7) is 3.19. The first-order valence-electron chi connectivity index (χ1n) is 8.96. The Morgan fingerprint density at radius 2 is 1.81 bits per heavy atom. The summed E-state index contributed by atoms with van der Waals surface area (Å²) in [4.78, 5) is 23.7. The van der Waals surface area contributed by atoms with Gasteiger partial charge in [-0.15, -0.1) is 0 Å². The fourth-order valence-corrected chi connectivity index (χ4v) is 2.77. The highest BCUT2D eigenvalue weighted by atomic mass is 19.4. The number of methoxy groups -OCH3 is 1. The number of alkyl halides is 3. The molecule has 31 heavy (non-hydrogen) atoms. The Morgan fingerprint density at radius 1 is 1.16 bits per heavy atom. The minimum atomic E-state index is -4.55. The zero-order valence-corrected chi connectivity index (χ0v) is 17.0. The van der Waals surface area contributed by atoms with E-state index in [0.717, 1.165) is 18.2 Å². The lowest BCUT2D eigenvalue weighted by Gasteiger charge is -2.12. The van der Waals surface area contributed by atoms with Gasteiger partial charge in [-0.1, -0.05) is 6.07 Å². The first-order chi connectivity index (χ1) is 14.5. The third-order valence-corrected chi connectivity index (χ3v) is 4.17. The molecular formula is C22H19F3N2O4. The number of hydrogen-bond acceptors (Lipinski definition) is 5. The van der Waals surface area contributed by atoms with Crippen LogP contribution in [0.2, 0.25) is 0 Å². The number of anilines is 1. The molecule has 1 N–H and O–H groups in total. The smallest absolute Gasteiger partial charge is 0.416 e. The molecule has 0 atom stereocenters. The molecule has 0 spiro atoms. The van der Waals surface area contributed by atoms with Crippen molar-refractivity contribution in [2.75, 3.05) is 19.0 Å². The number of benzene rings is 2. The van der Waals surface area contributed by atoms with E-state index in [1.165, 1.54) is 19.3 Å². The zero-order valence-electron chi connectivity index (χ0n) is 17.0. The number of rotatable bonds is 6. The first kappa shape index (κ1) is 23.5. The highest BCUT2D eigenvalue weighted by Gasteiger charge is 2.30. The number of carbonyl (C=O) groups excluding carboxylic acids is 2. The van der Waals surface area contributed by atoms with Crippen LogP contribution in [0.15, 0.2) is 42.0 Å². The zero-order chi connectivity index (χ0) is 23.2. The van der Waals surface area contributed by atoms with Crippen LogP contribution in [-0.4, -0.2) is 25.6 Å². The molecule has 6 nitrogen and oxygen atoms in total. The topological polar surface area (TPSA) is 88.4 Å². The molecule has 2 rings (SSSR count). The van der Waals surface area contributed by atoms with Gasteiger partial charge in [0.2, 0.25) is 0 Å². The SMILES string of the molecule is COC(=O)COc1c(C)cc(/C=C(/C#N)C(=O)Nc2cccc(C(F)(F)F)c2)cc1C. The minimum Gasteiger partial charge on any atom is -0.481 e. The summed E-state index contributed by atoms with van der Waals surface area (Å²) in [6.07, 6.45) is -3.24. The van der Waals surface area contributed by atoms with E-state index in [1.54, 1.807) is 32.0 Å². The van der Waals surface area contributed by atoms with Crippen molar-refractivity contribution < 1.29 is 32.2 Å². The lowest BCUT2D eigenvalue weighted by Crippen LogP contribution is -2.14. The quantitative estimate of drug-likeness (QED) is 0.415. The summed E-state index contributed by atoms with van der Waals surface area (Å²) < 4.78 is 48.5.